The first-order valence-corrected chi connectivity index (χ1v) is 12.8. The molecule has 2 bridgehead atoms. The van der Waals surface area contributed by atoms with Crippen LogP contribution in [0.25, 0.3) is 0 Å². The highest BCUT2D eigenvalue weighted by Gasteiger charge is 2.54. The fourth-order valence-corrected chi connectivity index (χ4v) is 6.69. The molecule has 0 radical (unpaired) electrons. The number of piperidine rings is 1. The first kappa shape index (κ1) is 26.6. The predicted octanol–water partition coefficient (Wildman–Crippen LogP) is 4.69. The third kappa shape index (κ3) is 4.28. The zero-order valence-electron chi connectivity index (χ0n) is 21.2. The molecule has 3 atom stereocenters. The number of likely N-dealkylation sites (tertiary alicyclic amines) is 1. The van der Waals surface area contributed by atoms with E-state index < -0.39 is 47.3 Å². The van der Waals surface area contributed by atoms with Crippen molar-refractivity contribution in [3.8, 4) is 0 Å². The average Bonchev–Trinajstić information content (AvgIpc) is 3.61. The predicted molar refractivity (Wildman–Crippen MR) is 132 cm³/mol. The SMILES string of the molecule is C[C@H](c1cccc(C(F)F)c1F)N(c1cc(=O)n(C2(C(F)F)CC2)cc1C(N)=O)C1C2CCC1CN(C)C2. The number of pyridine rings is 1. The Balaban J connectivity index is 1.70. The summed E-state index contributed by atoms with van der Waals surface area (Å²) in [6, 6.07) is 3.82. The second kappa shape index (κ2) is 9.66. The molecule has 3 aliphatic rings. The van der Waals surface area contributed by atoms with Gasteiger partial charge in [0, 0.05) is 37.0 Å². The molecule has 5 rings (SSSR count). The normalized spacial score (nSPS) is 25.1. The number of aromatic nitrogens is 1. The number of hydrogen-bond acceptors (Lipinski definition) is 4. The standard InChI is InChI=1S/C27H31F5N4O2/c1-14(17-4-3-5-18(22(17)28)24(29)30)36(23-15-6-7-16(23)12-34(2)11-15)20-10-21(37)35(13-19(20)25(33)38)27(8-9-27)26(31)32/h3-5,10,13-16,23-24,26H,6-9,11-12H2,1-2H3,(H2,33,38)/t14-,15?,16?,23?/m1/s1. The number of nitrogens with two attached hydrogens (primary N) is 1. The minimum absolute atomic E-state index is 0.00743. The van der Waals surface area contributed by atoms with Gasteiger partial charge in [-0.15, -0.1) is 0 Å². The number of amides is 1. The van der Waals surface area contributed by atoms with Crippen molar-refractivity contribution in [3.05, 3.63) is 63.3 Å². The van der Waals surface area contributed by atoms with Gasteiger partial charge in [-0.3, -0.25) is 9.59 Å². The highest BCUT2D eigenvalue weighted by atomic mass is 19.3. The Kier molecular flexibility index (Phi) is 6.77. The molecule has 0 spiro atoms. The maximum atomic E-state index is 15.4. The van der Waals surface area contributed by atoms with Crippen molar-refractivity contribution in [2.75, 3.05) is 25.0 Å². The molecule has 1 saturated heterocycles. The molecular weight excluding hydrogens is 507 g/mol. The van der Waals surface area contributed by atoms with Gasteiger partial charge in [-0.25, -0.2) is 22.0 Å². The van der Waals surface area contributed by atoms with Crippen LogP contribution in [0.4, 0.5) is 27.6 Å². The number of carbonyl (C=O) groups is 1. The summed E-state index contributed by atoms with van der Waals surface area (Å²) in [5.41, 5.74) is 2.57. The van der Waals surface area contributed by atoms with Crippen LogP contribution >= 0.6 is 0 Å². The van der Waals surface area contributed by atoms with Crippen LogP contribution in [0.1, 0.15) is 66.6 Å². The van der Waals surface area contributed by atoms with Crippen molar-refractivity contribution >= 4 is 11.6 Å². The van der Waals surface area contributed by atoms with Gasteiger partial charge in [0.25, 0.3) is 24.3 Å². The second-order valence-electron chi connectivity index (χ2n) is 11.0. The number of halogens is 5. The highest BCUT2D eigenvalue weighted by Crippen LogP contribution is 2.49. The van der Waals surface area contributed by atoms with Gasteiger partial charge in [0.1, 0.15) is 11.4 Å². The summed E-state index contributed by atoms with van der Waals surface area (Å²) in [5, 5.41) is 0. The number of primary amides is 1. The van der Waals surface area contributed by atoms with Crippen LogP contribution in [0.15, 0.2) is 35.3 Å². The van der Waals surface area contributed by atoms with E-state index in [9.17, 15) is 27.2 Å². The number of carbonyl (C=O) groups excluding carboxylic acids is 1. The maximum absolute atomic E-state index is 15.4. The Morgan fingerprint density at radius 3 is 2.24 bits per heavy atom. The Bertz CT molecular complexity index is 1280. The lowest BCUT2D eigenvalue weighted by atomic mass is 9.87. The van der Waals surface area contributed by atoms with Gasteiger partial charge in [-0.05, 0) is 51.5 Å². The topological polar surface area (TPSA) is 71.6 Å². The molecular formula is C27H31F5N4O2. The zero-order chi connectivity index (χ0) is 27.5. The lowest BCUT2D eigenvalue weighted by Crippen LogP contribution is -2.53. The van der Waals surface area contributed by atoms with Crippen LogP contribution in [-0.4, -0.2) is 48.0 Å². The van der Waals surface area contributed by atoms with Gasteiger partial charge in [-0.1, -0.05) is 18.2 Å². The first-order valence-electron chi connectivity index (χ1n) is 12.8. The quantitative estimate of drug-likeness (QED) is 0.496. The Labute approximate surface area is 217 Å². The van der Waals surface area contributed by atoms with Crippen LogP contribution in [0.3, 0.4) is 0 Å². The van der Waals surface area contributed by atoms with Crippen LogP contribution in [0, 0.1) is 17.7 Å². The molecule has 1 aromatic heterocycles. The van der Waals surface area contributed by atoms with E-state index in [4.69, 9.17) is 5.73 Å². The van der Waals surface area contributed by atoms with Gasteiger partial charge < -0.3 is 20.1 Å². The van der Waals surface area contributed by atoms with Crippen molar-refractivity contribution in [1.82, 2.24) is 9.47 Å². The van der Waals surface area contributed by atoms with Crippen molar-refractivity contribution < 1.29 is 26.7 Å². The zero-order valence-corrected chi connectivity index (χ0v) is 21.2. The molecule has 1 aliphatic heterocycles. The Morgan fingerprint density at radius 1 is 1.11 bits per heavy atom. The van der Waals surface area contributed by atoms with Crippen LogP contribution in [-0.2, 0) is 5.54 Å². The molecule has 2 unspecified atom stereocenters. The Hall–Kier alpha value is -2.95. The summed E-state index contributed by atoms with van der Waals surface area (Å²) in [4.78, 5) is 29.9. The minimum Gasteiger partial charge on any atom is -0.365 e. The lowest BCUT2D eigenvalue weighted by molar-refractivity contribution is 0.0649. The molecule has 2 aromatic rings. The summed E-state index contributed by atoms with van der Waals surface area (Å²) in [6.45, 7) is 3.09. The number of anilines is 1. The van der Waals surface area contributed by atoms with Crippen molar-refractivity contribution in [3.63, 3.8) is 0 Å². The number of benzene rings is 1. The van der Waals surface area contributed by atoms with Crippen molar-refractivity contribution in [1.29, 1.82) is 0 Å². The third-order valence-electron chi connectivity index (χ3n) is 8.67. The average molecular weight is 539 g/mol. The number of rotatable bonds is 8. The second-order valence-corrected chi connectivity index (χ2v) is 11.0. The lowest BCUT2D eigenvalue weighted by Gasteiger charge is -2.47. The number of alkyl halides is 4. The van der Waals surface area contributed by atoms with Gasteiger partial charge in [0.2, 0.25) is 0 Å². The summed E-state index contributed by atoms with van der Waals surface area (Å²) >= 11 is 0. The highest BCUT2D eigenvalue weighted by molar-refractivity contribution is 5.98. The van der Waals surface area contributed by atoms with E-state index in [1.165, 1.54) is 12.1 Å². The van der Waals surface area contributed by atoms with Crippen molar-refractivity contribution in [2.24, 2.45) is 17.6 Å². The van der Waals surface area contributed by atoms with Crippen molar-refractivity contribution in [2.45, 2.75) is 63.1 Å². The molecule has 1 amide bonds. The van der Waals surface area contributed by atoms with Crippen LogP contribution in [0.5, 0.6) is 0 Å². The van der Waals surface area contributed by atoms with Gasteiger partial charge in [0.15, 0.2) is 0 Å². The fraction of sp³-hybridized carbons (Fsp3) is 0.556. The van der Waals surface area contributed by atoms with E-state index >= 15 is 4.39 Å². The minimum atomic E-state index is -3.02. The number of fused-ring (bicyclic) bond motifs is 2. The van der Waals surface area contributed by atoms with E-state index in [2.05, 4.69) is 4.90 Å². The maximum Gasteiger partial charge on any atom is 0.266 e. The molecule has 2 heterocycles. The molecule has 38 heavy (non-hydrogen) atoms. The van der Waals surface area contributed by atoms with Gasteiger partial charge in [-0.2, -0.15) is 0 Å². The van der Waals surface area contributed by atoms with E-state index in [0.29, 0.717) is 0 Å². The monoisotopic (exact) mass is 538 g/mol. The van der Waals surface area contributed by atoms with Gasteiger partial charge >= 0.3 is 0 Å². The van der Waals surface area contributed by atoms with E-state index in [1.807, 2.05) is 7.05 Å². The molecule has 3 fully saturated rings. The molecule has 11 heteroatoms. The van der Waals surface area contributed by atoms with E-state index in [-0.39, 0.29) is 47.5 Å². The molecule has 6 nitrogen and oxygen atoms in total. The van der Waals surface area contributed by atoms with Crippen LogP contribution < -0.4 is 16.2 Å². The summed E-state index contributed by atoms with van der Waals surface area (Å²) < 4.78 is 71.1. The Morgan fingerprint density at radius 2 is 1.71 bits per heavy atom. The smallest absolute Gasteiger partial charge is 0.266 e. The molecule has 2 N–H and O–H groups in total. The molecule has 206 valence electrons. The third-order valence-corrected chi connectivity index (χ3v) is 8.67. The summed E-state index contributed by atoms with van der Waals surface area (Å²) in [5.74, 6) is -1.77. The molecule has 2 saturated carbocycles. The largest absolute Gasteiger partial charge is 0.365 e. The summed E-state index contributed by atoms with van der Waals surface area (Å²) in [7, 11) is 2.00. The van der Waals surface area contributed by atoms with Gasteiger partial charge in [0.05, 0.1) is 22.9 Å². The fourth-order valence-electron chi connectivity index (χ4n) is 6.69. The molecule has 1 aromatic carbocycles. The summed E-state index contributed by atoms with van der Waals surface area (Å²) in [6.07, 6.45) is -2.83. The van der Waals surface area contributed by atoms with E-state index in [1.54, 1.807) is 11.8 Å². The number of nitrogens with zero attached hydrogens (tertiary/aromatic N) is 3. The van der Waals surface area contributed by atoms with Crippen LogP contribution in [0.2, 0.25) is 0 Å². The first-order chi connectivity index (χ1) is 18.0. The molecule has 2 aliphatic carbocycles. The number of hydrogen-bond donors (Lipinski definition) is 1. The van der Waals surface area contributed by atoms with E-state index in [0.717, 1.165) is 48.8 Å².